The number of carboxylic acids is 1. The summed E-state index contributed by atoms with van der Waals surface area (Å²) in [6.07, 6.45) is 2.24. The number of benzene rings is 1. The third kappa shape index (κ3) is 3.06. The lowest BCUT2D eigenvalue weighted by Gasteiger charge is -2.37. The first kappa shape index (κ1) is 18.3. The number of amides is 2. The van der Waals surface area contributed by atoms with Crippen LogP contribution in [0.1, 0.15) is 35.0 Å². The molecular formula is C21H22N2O5. The van der Waals surface area contributed by atoms with Crippen LogP contribution in [0.2, 0.25) is 0 Å². The van der Waals surface area contributed by atoms with Gasteiger partial charge in [-0.15, -0.1) is 0 Å². The summed E-state index contributed by atoms with van der Waals surface area (Å²) in [4.78, 5) is 41.0. The molecule has 1 fully saturated rings. The Bertz CT molecular complexity index is 923. The first-order valence-electron chi connectivity index (χ1n) is 9.32. The second kappa shape index (κ2) is 6.82. The molecular weight excluding hydrogens is 360 g/mol. The lowest BCUT2D eigenvalue weighted by Crippen LogP contribution is -2.53. The van der Waals surface area contributed by atoms with Gasteiger partial charge in [0.15, 0.2) is 5.76 Å². The van der Waals surface area contributed by atoms with E-state index in [-0.39, 0.29) is 24.1 Å². The fourth-order valence-electron chi connectivity index (χ4n) is 4.03. The van der Waals surface area contributed by atoms with Crippen molar-refractivity contribution >= 4 is 17.8 Å². The van der Waals surface area contributed by atoms with Gasteiger partial charge in [-0.1, -0.05) is 24.3 Å². The molecule has 7 heteroatoms. The van der Waals surface area contributed by atoms with Gasteiger partial charge in [0.25, 0.3) is 5.91 Å². The van der Waals surface area contributed by atoms with E-state index in [1.807, 2.05) is 24.3 Å². The van der Waals surface area contributed by atoms with Crippen LogP contribution in [-0.4, -0.2) is 51.8 Å². The average molecular weight is 382 g/mol. The number of nitrogens with zero attached hydrogens (tertiary/aromatic N) is 2. The molecule has 0 spiro atoms. The van der Waals surface area contributed by atoms with E-state index in [1.165, 1.54) is 6.26 Å². The van der Waals surface area contributed by atoms with Gasteiger partial charge in [0, 0.05) is 26.1 Å². The zero-order valence-corrected chi connectivity index (χ0v) is 15.6. The molecule has 2 aliphatic rings. The molecule has 1 aromatic heterocycles. The summed E-state index contributed by atoms with van der Waals surface area (Å²) in [7, 11) is 0. The number of aliphatic carboxylic acids is 1. The molecule has 0 aliphatic carbocycles. The topological polar surface area (TPSA) is 91.1 Å². The van der Waals surface area contributed by atoms with E-state index < -0.39 is 17.4 Å². The SMILES string of the molecule is CC1(C(=O)O)CCN(C(=O)C2Cc3ccccc3CN2C(=O)c2ccco2)C1. The minimum absolute atomic E-state index is 0.155. The van der Waals surface area contributed by atoms with Gasteiger partial charge in [-0.3, -0.25) is 14.4 Å². The van der Waals surface area contributed by atoms with Gasteiger partial charge in [0.2, 0.25) is 5.91 Å². The average Bonchev–Trinajstić information content (AvgIpc) is 3.36. The van der Waals surface area contributed by atoms with Crippen molar-refractivity contribution < 1.29 is 23.9 Å². The molecule has 4 rings (SSSR count). The van der Waals surface area contributed by atoms with Crippen LogP contribution in [0, 0.1) is 5.41 Å². The number of likely N-dealkylation sites (tertiary alicyclic amines) is 1. The summed E-state index contributed by atoms with van der Waals surface area (Å²) < 4.78 is 5.26. The lowest BCUT2D eigenvalue weighted by atomic mass is 9.90. The maximum absolute atomic E-state index is 13.3. The third-order valence-electron chi connectivity index (χ3n) is 5.83. The molecule has 7 nitrogen and oxygen atoms in total. The molecule has 0 radical (unpaired) electrons. The number of hydrogen-bond acceptors (Lipinski definition) is 4. The van der Waals surface area contributed by atoms with Crippen LogP contribution in [0.25, 0.3) is 0 Å². The van der Waals surface area contributed by atoms with E-state index in [0.717, 1.165) is 11.1 Å². The Kier molecular flexibility index (Phi) is 4.45. The van der Waals surface area contributed by atoms with Crippen molar-refractivity contribution in [3.63, 3.8) is 0 Å². The van der Waals surface area contributed by atoms with Crippen molar-refractivity contribution in [2.75, 3.05) is 13.1 Å². The Hall–Kier alpha value is -3.09. The highest BCUT2D eigenvalue weighted by Gasteiger charge is 2.45. The van der Waals surface area contributed by atoms with Crippen LogP contribution < -0.4 is 0 Å². The zero-order chi connectivity index (χ0) is 19.9. The maximum atomic E-state index is 13.3. The molecule has 28 heavy (non-hydrogen) atoms. The van der Waals surface area contributed by atoms with Crippen molar-refractivity contribution in [2.45, 2.75) is 32.4 Å². The predicted molar refractivity (Wildman–Crippen MR) is 99.5 cm³/mol. The van der Waals surface area contributed by atoms with Crippen molar-refractivity contribution in [1.82, 2.24) is 9.80 Å². The molecule has 146 valence electrons. The molecule has 2 atom stereocenters. The quantitative estimate of drug-likeness (QED) is 0.879. The Morgan fingerprint density at radius 3 is 2.54 bits per heavy atom. The number of hydrogen-bond donors (Lipinski definition) is 1. The Morgan fingerprint density at radius 2 is 1.89 bits per heavy atom. The summed E-state index contributed by atoms with van der Waals surface area (Å²) >= 11 is 0. The number of carbonyl (C=O) groups is 3. The Morgan fingerprint density at radius 1 is 1.14 bits per heavy atom. The van der Waals surface area contributed by atoms with Gasteiger partial charge in [-0.2, -0.15) is 0 Å². The lowest BCUT2D eigenvalue weighted by molar-refractivity contribution is -0.147. The molecule has 2 amide bonds. The van der Waals surface area contributed by atoms with Gasteiger partial charge < -0.3 is 19.3 Å². The summed E-state index contributed by atoms with van der Waals surface area (Å²) in [5.74, 6) is -1.26. The van der Waals surface area contributed by atoms with Crippen LogP contribution >= 0.6 is 0 Å². The zero-order valence-electron chi connectivity index (χ0n) is 15.6. The van der Waals surface area contributed by atoms with Crippen LogP contribution in [0.4, 0.5) is 0 Å². The second-order valence-electron chi connectivity index (χ2n) is 7.77. The highest BCUT2D eigenvalue weighted by Crippen LogP contribution is 2.33. The smallest absolute Gasteiger partial charge is 0.311 e. The Labute approximate surface area is 162 Å². The first-order chi connectivity index (χ1) is 13.4. The Balaban J connectivity index is 1.63. The molecule has 3 heterocycles. The molecule has 0 saturated carbocycles. The molecule has 1 N–H and O–H groups in total. The highest BCUT2D eigenvalue weighted by atomic mass is 16.4. The number of carbonyl (C=O) groups excluding carboxylic acids is 2. The van der Waals surface area contributed by atoms with E-state index in [9.17, 15) is 19.5 Å². The minimum atomic E-state index is -0.946. The van der Waals surface area contributed by atoms with Gasteiger partial charge in [-0.25, -0.2) is 0 Å². The van der Waals surface area contributed by atoms with Gasteiger partial charge >= 0.3 is 5.97 Å². The maximum Gasteiger partial charge on any atom is 0.311 e. The monoisotopic (exact) mass is 382 g/mol. The van der Waals surface area contributed by atoms with Crippen molar-refractivity contribution in [1.29, 1.82) is 0 Å². The van der Waals surface area contributed by atoms with Gasteiger partial charge in [0.05, 0.1) is 11.7 Å². The van der Waals surface area contributed by atoms with E-state index in [4.69, 9.17) is 4.42 Å². The fraction of sp³-hybridized carbons (Fsp3) is 0.381. The summed E-state index contributed by atoms with van der Waals surface area (Å²) in [5, 5.41) is 9.46. The fourth-order valence-corrected chi connectivity index (χ4v) is 4.03. The number of rotatable bonds is 3. The van der Waals surface area contributed by atoms with Crippen molar-refractivity contribution in [3.8, 4) is 0 Å². The van der Waals surface area contributed by atoms with Crippen LogP contribution in [0.5, 0.6) is 0 Å². The molecule has 2 aliphatic heterocycles. The minimum Gasteiger partial charge on any atom is -0.481 e. The van der Waals surface area contributed by atoms with E-state index >= 15 is 0 Å². The predicted octanol–water partition coefficient (Wildman–Crippen LogP) is 2.17. The number of carboxylic acid groups (broad SMARTS) is 1. The molecule has 1 aromatic carbocycles. The van der Waals surface area contributed by atoms with Gasteiger partial charge in [-0.05, 0) is 36.6 Å². The molecule has 2 unspecified atom stereocenters. The summed E-state index contributed by atoms with van der Waals surface area (Å²) in [5.41, 5.74) is 1.09. The van der Waals surface area contributed by atoms with Crippen LogP contribution in [0.15, 0.2) is 47.1 Å². The second-order valence-corrected chi connectivity index (χ2v) is 7.77. The normalized spacial score (nSPS) is 24.1. The summed E-state index contributed by atoms with van der Waals surface area (Å²) in [6, 6.07) is 10.3. The summed E-state index contributed by atoms with van der Waals surface area (Å²) in [6.45, 7) is 2.51. The standard InChI is InChI=1S/C21H22N2O5/c1-21(20(26)27)8-9-22(13-21)18(24)16-11-14-5-2-3-6-15(14)12-23(16)19(25)17-7-4-10-28-17/h2-7,10,16H,8-9,11-13H2,1H3,(H,26,27). The molecule has 1 saturated heterocycles. The molecule has 0 bridgehead atoms. The van der Waals surface area contributed by atoms with E-state index in [2.05, 4.69) is 0 Å². The van der Waals surface area contributed by atoms with E-state index in [1.54, 1.807) is 28.9 Å². The number of furan rings is 1. The molecule has 2 aromatic rings. The number of fused-ring (bicyclic) bond motifs is 1. The van der Waals surface area contributed by atoms with Crippen LogP contribution in [-0.2, 0) is 22.6 Å². The third-order valence-corrected chi connectivity index (χ3v) is 5.83. The largest absolute Gasteiger partial charge is 0.481 e. The van der Waals surface area contributed by atoms with Crippen molar-refractivity contribution in [2.24, 2.45) is 5.41 Å². The van der Waals surface area contributed by atoms with Gasteiger partial charge in [0.1, 0.15) is 6.04 Å². The van der Waals surface area contributed by atoms with Crippen molar-refractivity contribution in [3.05, 3.63) is 59.5 Å². The highest BCUT2D eigenvalue weighted by molar-refractivity contribution is 5.96. The van der Waals surface area contributed by atoms with Crippen LogP contribution in [0.3, 0.4) is 0 Å². The van der Waals surface area contributed by atoms with E-state index in [0.29, 0.717) is 25.9 Å². The first-order valence-corrected chi connectivity index (χ1v) is 9.32.